The highest BCUT2D eigenvalue weighted by molar-refractivity contribution is 7.89. The third kappa shape index (κ3) is 6.07. The van der Waals surface area contributed by atoms with E-state index < -0.39 is 15.7 Å². The standard InChI is InChI=1S/C20H22N2O4S.2CO2/c23-19(17-7-3-1-4-8-17)21-13-11-20(12-14-21)22(15-16-26-20)27(24,25)18-9-5-2-6-10-18;2*2-1-3/h1-10H,11-16H2;;. The van der Waals surface area contributed by atoms with Crippen LogP contribution in [0.5, 0.6) is 0 Å². The molecule has 2 aromatic carbocycles. The van der Waals surface area contributed by atoms with Gasteiger partial charge >= 0.3 is 12.3 Å². The molecule has 10 nitrogen and oxygen atoms in total. The Bertz CT molecular complexity index is 1070. The average Bonchev–Trinajstić information content (AvgIpc) is 3.25. The van der Waals surface area contributed by atoms with E-state index in [1.165, 1.54) is 4.31 Å². The number of piperidine rings is 1. The number of likely N-dealkylation sites (tertiary alicyclic amines) is 1. The first-order chi connectivity index (χ1) is 15.9. The van der Waals surface area contributed by atoms with E-state index in [4.69, 9.17) is 23.9 Å². The van der Waals surface area contributed by atoms with Gasteiger partial charge in [0.2, 0.25) is 10.0 Å². The van der Waals surface area contributed by atoms with Crippen molar-refractivity contribution in [1.82, 2.24) is 9.21 Å². The van der Waals surface area contributed by atoms with Crippen molar-refractivity contribution in [3.05, 3.63) is 66.2 Å². The smallest absolute Gasteiger partial charge is 0.358 e. The lowest BCUT2D eigenvalue weighted by Crippen LogP contribution is -2.55. The van der Waals surface area contributed by atoms with Crippen molar-refractivity contribution in [3.63, 3.8) is 0 Å². The number of rotatable bonds is 3. The number of hydrogen-bond donors (Lipinski definition) is 0. The molecule has 2 saturated heterocycles. The highest BCUT2D eigenvalue weighted by Gasteiger charge is 2.50. The van der Waals surface area contributed by atoms with E-state index in [0.717, 1.165) is 0 Å². The highest BCUT2D eigenvalue weighted by Crippen LogP contribution is 2.38. The van der Waals surface area contributed by atoms with Crippen LogP contribution in [0.4, 0.5) is 0 Å². The zero-order valence-corrected chi connectivity index (χ0v) is 18.4. The number of benzene rings is 2. The van der Waals surface area contributed by atoms with Crippen LogP contribution in [0, 0.1) is 0 Å². The minimum absolute atomic E-state index is 0.0269. The van der Waals surface area contributed by atoms with Gasteiger partial charge in [0.05, 0.1) is 11.5 Å². The zero-order valence-electron chi connectivity index (χ0n) is 17.6. The molecule has 2 aliphatic rings. The summed E-state index contributed by atoms with van der Waals surface area (Å²) >= 11 is 0. The summed E-state index contributed by atoms with van der Waals surface area (Å²) in [4.78, 5) is 47.2. The third-order valence-electron chi connectivity index (χ3n) is 5.30. The second-order valence-electron chi connectivity index (χ2n) is 7.01. The maximum Gasteiger partial charge on any atom is 0.373 e. The maximum absolute atomic E-state index is 13.1. The molecule has 0 aromatic heterocycles. The normalized spacial score (nSPS) is 16.9. The van der Waals surface area contributed by atoms with Crippen LogP contribution in [-0.4, -0.2) is 67.8 Å². The highest BCUT2D eigenvalue weighted by atomic mass is 32.2. The summed E-state index contributed by atoms with van der Waals surface area (Å²) < 4.78 is 33.7. The first-order valence-electron chi connectivity index (χ1n) is 9.91. The van der Waals surface area contributed by atoms with Gasteiger partial charge < -0.3 is 9.64 Å². The van der Waals surface area contributed by atoms with Crippen molar-refractivity contribution in [2.75, 3.05) is 26.2 Å². The lowest BCUT2D eigenvalue weighted by atomic mass is 10.00. The van der Waals surface area contributed by atoms with E-state index in [1.807, 2.05) is 18.2 Å². The summed E-state index contributed by atoms with van der Waals surface area (Å²) in [5, 5.41) is 0. The monoisotopic (exact) mass is 474 g/mol. The predicted octanol–water partition coefficient (Wildman–Crippen LogP) is 1.17. The summed E-state index contributed by atoms with van der Waals surface area (Å²) in [5.74, 6) is -0.0269. The number of carbonyl (C=O) groups is 1. The van der Waals surface area contributed by atoms with Crippen LogP contribution in [0.3, 0.4) is 0 Å². The Hall–Kier alpha value is -3.46. The van der Waals surface area contributed by atoms with Gasteiger partial charge in [0.25, 0.3) is 5.91 Å². The lowest BCUT2D eigenvalue weighted by molar-refractivity contribution is -0.193. The summed E-state index contributed by atoms with van der Waals surface area (Å²) in [6, 6.07) is 17.6. The van der Waals surface area contributed by atoms with Gasteiger partial charge in [0.1, 0.15) is 5.72 Å². The van der Waals surface area contributed by atoms with E-state index in [-0.39, 0.29) is 23.1 Å². The van der Waals surface area contributed by atoms with E-state index in [1.54, 1.807) is 47.4 Å². The Labute approximate surface area is 190 Å². The molecule has 2 heterocycles. The Morgan fingerprint density at radius 1 is 0.818 bits per heavy atom. The van der Waals surface area contributed by atoms with Crippen LogP contribution < -0.4 is 0 Å². The summed E-state index contributed by atoms with van der Waals surface area (Å²) in [5.41, 5.74) is -0.211. The van der Waals surface area contributed by atoms with Crippen LogP contribution in [0.2, 0.25) is 0 Å². The number of nitrogens with zero attached hydrogens (tertiary/aromatic N) is 2. The quantitative estimate of drug-likeness (QED) is 0.647. The molecular weight excluding hydrogens is 452 g/mol. The molecule has 1 amide bonds. The van der Waals surface area contributed by atoms with Crippen molar-refractivity contribution in [3.8, 4) is 0 Å². The Balaban J connectivity index is 0.000000582. The van der Waals surface area contributed by atoms with Crippen LogP contribution in [0.25, 0.3) is 0 Å². The first kappa shape index (κ1) is 25.8. The fourth-order valence-corrected chi connectivity index (χ4v) is 5.61. The average molecular weight is 474 g/mol. The fraction of sp³-hybridized carbons (Fsp3) is 0.318. The molecule has 0 radical (unpaired) electrons. The molecule has 11 heteroatoms. The van der Waals surface area contributed by atoms with Gasteiger partial charge in [-0.15, -0.1) is 0 Å². The number of sulfonamides is 1. The molecule has 2 aromatic rings. The molecule has 1 spiro atoms. The summed E-state index contributed by atoms with van der Waals surface area (Å²) in [7, 11) is -3.63. The third-order valence-corrected chi connectivity index (χ3v) is 7.27. The Morgan fingerprint density at radius 3 is 1.82 bits per heavy atom. The van der Waals surface area contributed by atoms with E-state index in [2.05, 4.69) is 0 Å². The maximum atomic E-state index is 13.1. The molecule has 174 valence electrons. The molecule has 2 fully saturated rings. The van der Waals surface area contributed by atoms with Gasteiger partial charge in [-0.3, -0.25) is 4.79 Å². The number of amides is 1. The molecule has 0 bridgehead atoms. The van der Waals surface area contributed by atoms with Crippen LogP contribution >= 0.6 is 0 Å². The van der Waals surface area contributed by atoms with Gasteiger partial charge in [0, 0.05) is 38.0 Å². The molecule has 0 atom stereocenters. The second kappa shape index (κ2) is 12.0. The van der Waals surface area contributed by atoms with E-state index >= 15 is 0 Å². The second-order valence-corrected chi connectivity index (χ2v) is 8.87. The van der Waals surface area contributed by atoms with Crippen molar-refractivity contribution in [1.29, 1.82) is 0 Å². The van der Waals surface area contributed by atoms with Crippen LogP contribution in [0.1, 0.15) is 23.2 Å². The van der Waals surface area contributed by atoms with Crippen molar-refractivity contribution in [2.45, 2.75) is 23.5 Å². The van der Waals surface area contributed by atoms with Gasteiger partial charge in [-0.05, 0) is 24.3 Å². The molecule has 4 rings (SSSR count). The minimum atomic E-state index is -3.63. The fourth-order valence-electron chi connectivity index (χ4n) is 3.87. The van der Waals surface area contributed by atoms with E-state index in [0.29, 0.717) is 44.6 Å². The number of hydrogen-bond acceptors (Lipinski definition) is 8. The van der Waals surface area contributed by atoms with E-state index in [9.17, 15) is 13.2 Å². The van der Waals surface area contributed by atoms with Crippen LogP contribution in [-0.2, 0) is 33.9 Å². The first-order valence-corrected chi connectivity index (χ1v) is 11.3. The van der Waals surface area contributed by atoms with Crippen LogP contribution in [0.15, 0.2) is 65.6 Å². The largest absolute Gasteiger partial charge is 0.373 e. The Morgan fingerprint density at radius 2 is 1.30 bits per heavy atom. The topological polar surface area (TPSA) is 135 Å². The molecular formula is C22H22N2O8S. The summed E-state index contributed by atoms with van der Waals surface area (Å²) in [6.45, 7) is 1.64. The van der Waals surface area contributed by atoms with Crippen molar-refractivity contribution >= 4 is 28.2 Å². The number of carbonyl (C=O) groups excluding carboxylic acids is 5. The van der Waals surface area contributed by atoms with Gasteiger partial charge in [0.15, 0.2) is 0 Å². The predicted molar refractivity (Wildman–Crippen MR) is 111 cm³/mol. The molecule has 33 heavy (non-hydrogen) atoms. The van der Waals surface area contributed by atoms with Gasteiger partial charge in [-0.25, -0.2) is 8.42 Å². The Kier molecular flexibility index (Phi) is 9.35. The summed E-state index contributed by atoms with van der Waals surface area (Å²) in [6.07, 6.45) is 1.44. The molecule has 0 unspecified atom stereocenters. The SMILES string of the molecule is O=C(c1ccccc1)N1CCC2(CC1)OCCN2S(=O)(=O)c1ccccc1.O=C=O.O=C=O. The van der Waals surface area contributed by atoms with Crippen molar-refractivity contribution < 1.29 is 37.1 Å². The number of ether oxygens (including phenoxy) is 1. The molecule has 0 aliphatic carbocycles. The lowest BCUT2D eigenvalue weighted by Gasteiger charge is -2.42. The molecule has 0 N–H and O–H groups in total. The minimum Gasteiger partial charge on any atom is -0.358 e. The van der Waals surface area contributed by atoms with Gasteiger partial charge in [-0.2, -0.15) is 23.5 Å². The van der Waals surface area contributed by atoms with Gasteiger partial charge in [-0.1, -0.05) is 36.4 Å². The molecule has 2 aliphatic heterocycles. The van der Waals surface area contributed by atoms with Crippen molar-refractivity contribution in [2.24, 2.45) is 0 Å². The molecule has 0 saturated carbocycles. The zero-order chi connectivity index (χ0) is 24.3.